The zero-order valence-corrected chi connectivity index (χ0v) is 15.6. The molecule has 1 atom stereocenters. The van der Waals surface area contributed by atoms with E-state index >= 15 is 0 Å². The normalized spacial score (nSPS) is 23.5. The first-order chi connectivity index (χ1) is 13.1. The molecule has 1 amide bonds. The van der Waals surface area contributed by atoms with E-state index in [0.29, 0.717) is 5.56 Å². The minimum absolute atomic E-state index is 0.0847. The predicted molar refractivity (Wildman–Crippen MR) is 93.8 cm³/mol. The molecular formula is C18H24F3N3O4. The molecule has 1 N–H and O–H groups in total. The fourth-order valence-corrected chi connectivity index (χ4v) is 3.51. The standard InChI is InChI=1S/C16H23N3O2.C2HF3O2/c1-18-8-9-21-13-16(11-18)5-3-7-19(12-16)15(20)14-4-2-6-17-10-14;3-2(4,5)1(6)7/h2,4,6,10H,3,5,7-9,11-13H2,1H3;(H,6,7). The molecule has 7 nitrogen and oxygen atoms in total. The summed E-state index contributed by atoms with van der Waals surface area (Å²) in [7, 11) is 2.14. The van der Waals surface area contributed by atoms with Crippen molar-refractivity contribution in [2.45, 2.75) is 19.0 Å². The van der Waals surface area contributed by atoms with Crippen molar-refractivity contribution in [3.8, 4) is 0 Å². The van der Waals surface area contributed by atoms with Gasteiger partial charge in [-0.25, -0.2) is 4.79 Å². The van der Waals surface area contributed by atoms with E-state index in [4.69, 9.17) is 14.6 Å². The number of likely N-dealkylation sites (N-methyl/N-ethyl adjacent to an activating group) is 1. The number of carboxylic acids is 1. The van der Waals surface area contributed by atoms with Gasteiger partial charge >= 0.3 is 12.1 Å². The van der Waals surface area contributed by atoms with Crippen molar-refractivity contribution in [3.05, 3.63) is 30.1 Å². The molecule has 1 spiro atoms. The molecule has 0 aromatic carbocycles. The van der Waals surface area contributed by atoms with E-state index in [1.807, 2.05) is 17.0 Å². The van der Waals surface area contributed by atoms with Crippen LogP contribution >= 0.6 is 0 Å². The summed E-state index contributed by atoms with van der Waals surface area (Å²) in [6, 6.07) is 3.65. The number of alkyl halides is 3. The second kappa shape index (κ2) is 9.33. The van der Waals surface area contributed by atoms with Crippen LogP contribution in [0.5, 0.6) is 0 Å². The van der Waals surface area contributed by atoms with Gasteiger partial charge in [0.15, 0.2) is 0 Å². The Labute approximate surface area is 161 Å². The molecule has 2 fully saturated rings. The van der Waals surface area contributed by atoms with Gasteiger partial charge in [0.25, 0.3) is 5.91 Å². The van der Waals surface area contributed by atoms with Crippen LogP contribution in [0.25, 0.3) is 0 Å². The quantitative estimate of drug-likeness (QED) is 0.771. The molecule has 0 bridgehead atoms. The first-order valence-electron chi connectivity index (χ1n) is 8.89. The summed E-state index contributed by atoms with van der Waals surface area (Å²) in [6.07, 6.45) is 0.444. The number of pyridine rings is 1. The lowest BCUT2D eigenvalue weighted by atomic mass is 9.80. The van der Waals surface area contributed by atoms with E-state index in [1.165, 1.54) is 0 Å². The van der Waals surface area contributed by atoms with Gasteiger partial charge in [0.05, 0.1) is 18.8 Å². The zero-order chi connectivity index (χ0) is 20.8. The van der Waals surface area contributed by atoms with Crippen molar-refractivity contribution in [2.75, 3.05) is 46.4 Å². The van der Waals surface area contributed by atoms with Crippen LogP contribution in [0, 0.1) is 5.41 Å². The number of ether oxygens (including phenoxy) is 1. The number of hydrogen-bond donors (Lipinski definition) is 1. The Hall–Kier alpha value is -2.20. The van der Waals surface area contributed by atoms with E-state index in [9.17, 15) is 18.0 Å². The van der Waals surface area contributed by atoms with E-state index in [-0.39, 0.29) is 11.3 Å². The number of carboxylic acid groups (broad SMARTS) is 1. The van der Waals surface area contributed by atoms with E-state index in [1.54, 1.807) is 12.4 Å². The van der Waals surface area contributed by atoms with Crippen molar-refractivity contribution < 1.29 is 32.6 Å². The molecule has 0 radical (unpaired) electrons. The number of hydrogen-bond acceptors (Lipinski definition) is 5. The van der Waals surface area contributed by atoms with Gasteiger partial charge < -0.3 is 19.6 Å². The van der Waals surface area contributed by atoms with Gasteiger partial charge in [-0.05, 0) is 32.0 Å². The highest BCUT2D eigenvalue weighted by molar-refractivity contribution is 5.94. The largest absolute Gasteiger partial charge is 0.490 e. The fraction of sp³-hybridized carbons (Fsp3) is 0.611. The third kappa shape index (κ3) is 6.16. The van der Waals surface area contributed by atoms with Crippen molar-refractivity contribution >= 4 is 11.9 Å². The molecule has 2 aliphatic rings. The van der Waals surface area contributed by atoms with Crippen LogP contribution in [0.1, 0.15) is 23.2 Å². The van der Waals surface area contributed by atoms with Crippen LogP contribution in [0.4, 0.5) is 13.2 Å². The maximum atomic E-state index is 12.6. The maximum absolute atomic E-state index is 12.6. The lowest BCUT2D eigenvalue weighted by molar-refractivity contribution is -0.192. The van der Waals surface area contributed by atoms with Crippen LogP contribution in [0.2, 0.25) is 0 Å². The number of aromatic nitrogens is 1. The highest BCUT2D eigenvalue weighted by atomic mass is 19.4. The average Bonchev–Trinajstić information content (AvgIpc) is 2.82. The monoisotopic (exact) mass is 403 g/mol. The van der Waals surface area contributed by atoms with E-state index < -0.39 is 12.1 Å². The maximum Gasteiger partial charge on any atom is 0.490 e. The smallest absolute Gasteiger partial charge is 0.475 e. The number of halogens is 3. The summed E-state index contributed by atoms with van der Waals surface area (Å²) in [5, 5.41) is 7.12. The number of rotatable bonds is 1. The molecule has 1 aromatic rings. The van der Waals surface area contributed by atoms with Gasteiger partial charge in [0.2, 0.25) is 0 Å². The predicted octanol–water partition coefficient (Wildman–Crippen LogP) is 1.90. The van der Waals surface area contributed by atoms with Crippen molar-refractivity contribution in [3.63, 3.8) is 0 Å². The lowest BCUT2D eigenvalue weighted by Gasteiger charge is -2.43. The van der Waals surface area contributed by atoms with Gasteiger partial charge in [-0.1, -0.05) is 0 Å². The van der Waals surface area contributed by atoms with Crippen LogP contribution in [0.3, 0.4) is 0 Å². The number of likely N-dealkylation sites (tertiary alicyclic amines) is 1. The summed E-state index contributed by atoms with van der Waals surface area (Å²) in [4.78, 5) is 29.9. The summed E-state index contributed by atoms with van der Waals surface area (Å²) < 4.78 is 37.5. The van der Waals surface area contributed by atoms with E-state index in [2.05, 4.69) is 16.9 Å². The minimum Gasteiger partial charge on any atom is -0.475 e. The van der Waals surface area contributed by atoms with Crippen molar-refractivity contribution in [2.24, 2.45) is 5.41 Å². The second-order valence-electron chi connectivity index (χ2n) is 7.17. The van der Waals surface area contributed by atoms with Gasteiger partial charge in [-0.15, -0.1) is 0 Å². The molecule has 2 saturated heterocycles. The SMILES string of the molecule is CN1CCOCC2(CCCN(C(=O)c3cccnc3)C2)C1.O=C(O)C(F)(F)F. The number of nitrogens with zero attached hydrogens (tertiary/aromatic N) is 3. The number of piperidine rings is 1. The molecule has 0 aliphatic carbocycles. The van der Waals surface area contributed by atoms with Gasteiger partial charge in [0.1, 0.15) is 0 Å². The summed E-state index contributed by atoms with van der Waals surface area (Å²) in [6.45, 7) is 5.13. The Balaban J connectivity index is 0.000000345. The third-order valence-corrected chi connectivity index (χ3v) is 4.73. The number of amides is 1. The highest BCUT2D eigenvalue weighted by Gasteiger charge is 2.40. The number of aliphatic carboxylic acids is 1. The lowest BCUT2D eigenvalue weighted by Crippen LogP contribution is -2.51. The van der Waals surface area contributed by atoms with Crippen LogP contribution in [-0.2, 0) is 9.53 Å². The van der Waals surface area contributed by atoms with E-state index in [0.717, 1.165) is 52.2 Å². The number of carbonyl (C=O) groups excluding carboxylic acids is 1. The minimum atomic E-state index is -5.08. The molecule has 2 aliphatic heterocycles. The molecule has 1 unspecified atom stereocenters. The Morgan fingerprint density at radius 2 is 2.00 bits per heavy atom. The molecule has 3 heterocycles. The molecule has 28 heavy (non-hydrogen) atoms. The van der Waals surface area contributed by atoms with Gasteiger partial charge in [-0.3, -0.25) is 9.78 Å². The molecule has 0 saturated carbocycles. The summed E-state index contributed by atoms with van der Waals surface area (Å²) in [5.74, 6) is -2.67. The molecule has 1 aromatic heterocycles. The number of carbonyl (C=O) groups is 2. The zero-order valence-electron chi connectivity index (χ0n) is 15.6. The molecule has 3 rings (SSSR count). The summed E-state index contributed by atoms with van der Waals surface area (Å²) in [5.41, 5.74) is 0.763. The molecule has 10 heteroatoms. The fourth-order valence-electron chi connectivity index (χ4n) is 3.51. The first-order valence-corrected chi connectivity index (χ1v) is 8.89. The Morgan fingerprint density at radius 1 is 1.29 bits per heavy atom. The van der Waals surface area contributed by atoms with Crippen LogP contribution in [-0.4, -0.2) is 84.4 Å². The first kappa shape index (κ1) is 22.1. The van der Waals surface area contributed by atoms with Gasteiger partial charge in [-0.2, -0.15) is 13.2 Å². The van der Waals surface area contributed by atoms with Crippen LogP contribution in [0.15, 0.2) is 24.5 Å². The Kier molecular flexibility index (Phi) is 7.36. The van der Waals surface area contributed by atoms with Gasteiger partial charge in [0, 0.05) is 44.0 Å². The average molecular weight is 403 g/mol. The topological polar surface area (TPSA) is 83.0 Å². The van der Waals surface area contributed by atoms with Crippen LogP contribution < -0.4 is 0 Å². The summed E-state index contributed by atoms with van der Waals surface area (Å²) >= 11 is 0. The Morgan fingerprint density at radius 3 is 2.61 bits per heavy atom. The second-order valence-corrected chi connectivity index (χ2v) is 7.17. The highest BCUT2D eigenvalue weighted by Crippen LogP contribution is 2.33. The molecular weight excluding hydrogens is 379 g/mol. The Bertz CT molecular complexity index is 672. The molecule has 156 valence electrons. The van der Waals surface area contributed by atoms with Crippen molar-refractivity contribution in [1.29, 1.82) is 0 Å². The van der Waals surface area contributed by atoms with Crippen molar-refractivity contribution in [1.82, 2.24) is 14.8 Å². The third-order valence-electron chi connectivity index (χ3n) is 4.73.